The average Bonchev–Trinajstić information content (AvgIpc) is 3.15. The molecule has 2 aromatic carbocycles. The summed E-state index contributed by atoms with van der Waals surface area (Å²) in [6.45, 7) is 0. The van der Waals surface area contributed by atoms with Gasteiger partial charge in [-0.25, -0.2) is 9.59 Å². The number of allylic oxidation sites excluding steroid dienone is 1. The Bertz CT molecular complexity index is 994. The third-order valence-corrected chi connectivity index (χ3v) is 4.36. The third kappa shape index (κ3) is 3.05. The molecule has 0 amide bonds. The number of hydrogen-bond donors (Lipinski definition) is 0. The number of hydrogen-bond acceptors (Lipinski definition) is 7. The summed E-state index contributed by atoms with van der Waals surface area (Å²) < 4.78 is 9.71. The summed E-state index contributed by atoms with van der Waals surface area (Å²) >= 11 is 0. The van der Waals surface area contributed by atoms with E-state index in [0.29, 0.717) is 16.8 Å². The molecule has 1 aliphatic heterocycles. The number of nitro groups is 1. The highest BCUT2D eigenvalue weighted by atomic mass is 16.6. The Morgan fingerprint density at radius 3 is 2.14 bits per heavy atom. The minimum absolute atomic E-state index is 0.147. The van der Waals surface area contributed by atoms with Crippen LogP contribution < -0.4 is 0 Å². The number of ether oxygens (including phenoxy) is 2. The maximum atomic E-state index is 12.7. The molecular formula is C20H16N2O6. The number of nitro benzene ring substituents is 1. The first-order valence-corrected chi connectivity index (χ1v) is 8.23. The number of non-ortho nitro benzene ring substituents is 1. The van der Waals surface area contributed by atoms with Crippen molar-refractivity contribution >= 4 is 28.9 Å². The van der Waals surface area contributed by atoms with Gasteiger partial charge in [-0.3, -0.25) is 15.1 Å². The Labute approximate surface area is 160 Å². The predicted octanol–water partition coefficient (Wildman–Crippen LogP) is 2.57. The van der Waals surface area contributed by atoms with Gasteiger partial charge in [-0.2, -0.15) is 0 Å². The SMILES string of the molecule is COC(=O)C1(C(=O)OC)N=C(c2ccccc2)C=C1c1cccc([N+](=O)[O-])c1. The lowest BCUT2D eigenvalue weighted by atomic mass is 9.86. The highest BCUT2D eigenvalue weighted by Crippen LogP contribution is 2.39. The van der Waals surface area contributed by atoms with Crippen LogP contribution in [0.4, 0.5) is 5.69 Å². The molecule has 0 saturated carbocycles. The molecule has 1 aliphatic rings. The fourth-order valence-electron chi connectivity index (χ4n) is 3.04. The summed E-state index contributed by atoms with van der Waals surface area (Å²) in [5.74, 6) is -1.88. The van der Waals surface area contributed by atoms with Crippen LogP contribution in [0.25, 0.3) is 5.57 Å². The van der Waals surface area contributed by atoms with Crippen LogP contribution in [0.15, 0.2) is 65.7 Å². The van der Waals surface area contributed by atoms with Gasteiger partial charge in [0, 0.05) is 17.7 Å². The van der Waals surface area contributed by atoms with Gasteiger partial charge >= 0.3 is 11.9 Å². The Morgan fingerprint density at radius 1 is 0.964 bits per heavy atom. The Hall–Kier alpha value is -3.81. The molecule has 2 aromatic rings. The minimum Gasteiger partial charge on any atom is -0.467 e. The van der Waals surface area contributed by atoms with Crippen LogP contribution in [0, 0.1) is 10.1 Å². The Kier molecular flexibility index (Phi) is 5.04. The largest absolute Gasteiger partial charge is 0.467 e. The molecule has 0 unspecified atom stereocenters. The Morgan fingerprint density at radius 2 is 1.57 bits per heavy atom. The molecule has 0 atom stereocenters. The molecule has 0 saturated heterocycles. The van der Waals surface area contributed by atoms with Gasteiger partial charge in [0.15, 0.2) is 0 Å². The van der Waals surface area contributed by atoms with E-state index in [0.717, 1.165) is 14.2 Å². The average molecular weight is 380 g/mol. The van der Waals surface area contributed by atoms with Crippen molar-refractivity contribution in [3.05, 3.63) is 81.9 Å². The van der Waals surface area contributed by atoms with Gasteiger partial charge in [0.05, 0.1) is 24.9 Å². The van der Waals surface area contributed by atoms with Gasteiger partial charge in [0.2, 0.25) is 0 Å². The van der Waals surface area contributed by atoms with Gasteiger partial charge in [0.1, 0.15) is 0 Å². The van der Waals surface area contributed by atoms with Crippen LogP contribution in [-0.2, 0) is 19.1 Å². The summed E-state index contributed by atoms with van der Waals surface area (Å²) in [5, 5.41) is 11.2. The van der Waals surface area contributed by atoms with Crippen molar-refractivity contribution in [1.29, 1.82) is 0 Å². The topological polar surface area (TPSA) is 108 Å². The highest BCUT2D eigenvalue weighted by molar-refractivity contribution is 6.28. The first-order valence-electron chi connectivity index (χ1n) is 8.23. The second kappa shape index (κ2) is 7.43. The van der Waals surface area contributed by atoms with Gasteiger partial charge < -0.3 is 9.47 Å². The van der Waals surface area contributed by atoms with E-state index in [9.17, 15) is 19.7 Å². The summed E-state index contributed by atoms with van der Waals surface area (Å²) in [5.41, 5.74) is -0.828. The fraction of sp³-hybridized carbons (Fsp3) is 0.150. The van der Waals surface area contributed by atoms with Crippen LogP contribution in [0.2, 0.25) is 0 Å². The lowest BCUT2D eigenvalue weighted by Crippen LogP contribution is -2.46. The van der Waals surface area contributed by atoms with Gasteiger partial charge in [-0.05, 0) is 17.2 Å². The van der Waals surface area contributed by atoms with Crippen LogP contribution in [0.1, 0.15) is 11.1 Å². The molecule has 0 bridgehead atoms. The Balaban J connectivity index is 2.27. The molecule has 0 radical (unpaired) electrons. The molecule has 8 heteroatoms. The van der Waals surface area contributed by atoms with Crippen molar-refractivity contribution in [2.75, 3.05) is 14.2 Å². The molecule has 0 N–H and O–H groups in total. The minimum atomic E-state index is -2.11. The van der Waals surface area contributed by atoms with E-state index in [1.807, 2.05) is 6.07 Å². The van der Waals surface area contributed by atoms with E-state index in [2.05, 4.69) is 4.99 Å². The van der Waals surface area contributed by atoms with Gasteiger partial charge in [0.25, 0.3) is 11.2 Å². The molecule has 0 fully saturated rings. The lowest BCUT2D eigenvalue weighted by molar-refractivity contribution is -0.384. The molecule has 3 rings (SSSR count). The van der Waals surface area contributed by atoms with Crippen molar-refractivity contribution in [2.24, 2.45) is 4.99 Å². The smallest absolute Gasteiger partial charge is 0.350 e. The van der Waals surface area contributed by atoms with Crippen LogP contribution in [0.3, 0.4) is 0 Å². The zero-order chi connectivity index (χ0) is 20.3. The number of nitrogens with zero attached hydrogens (tertiary/aromatic N) is 2. The maximum absolute atomic E-state index is 12.7. The normalized spacial score (nSPS) is 14.6. The van der Waals surface area contributed by atoms with E-state index in [1.54, 1.807) is 36.4 Å². The maximum Gasteiger partial charge on any atom is 0.350 e. The molecule has 0 aliphatic carbocycles. The van der Waals surface area contributed by atoms with E-state index < -0.39 is 22.4 Å². The second-order valence-corrected chi connectivity index (χ2v) is 5.92. The lowest BCUT2D eigenvalue weighted by Gasteiger charge is -2.24. The van der Waals surface area contributed by atoms with Crippen molar-refractivity contribution < 1.29 is 24.0 Å². The summed E-state index contributed by atoms with van der Waals surface area (Å²) in [6, 6.07) is 14.5. The zero-order valence-electron chi connectivity index (χ0n) is 15.1. The number of carbonyl (C=O) groups is 2. The van der Waals surface area contributed by atoms with E-state index >= 15 is 0 Å². The molecule has 0 aromatic heterocycles. The molecular weight excluding hydrogens is 364 g/mol. The molecule has 142 valence electrons. The first kappa shape index (κ1) is 19.0. The van der Waals surface area contributed by atoms with Crippen LogP contribution in [0.5, 0.6) is 0 Å². The number of benzene rings is 2. The molecule has 0 spiro atoms. The summed E-state index contributed by atoms with van der Waals surface area (Å²) in [6.07, 6.45) is 1.54. The molecule has 28 heavy (non-hydrogen) atoms. The van der Waals surface area contributed by atoms with Gasteiger partial charge in [-0.1, -0.05) is 42.5 Å². The number of aliphatic imine (C=N–C) groups is 1. The monoisotopic (exact) mass is 380 g/mol. The van der Waals surface area contributed by atoms with E-state index in [4.69, 9.17) is 9.47 Å². The zero-order valence-corrected chi connectivity index (χ0v) is 15.1. The van der Waals surface area contributed by atoms with Crippen molar-refractivity contribution in [3.8, 4) is 0 Å². The number of esters is 2. The number of rotatable bonds is 5. The molecule has 8 nitrogen and oxygen atoms in total. The van der Waals surface area contributed by atoms with E-state index in [1.165, 1.54) is 18.2 Å². The predicted molar refractivity (Wildman–Crippen MR) is 101 cm³/mol. The first-order chi connectivity index (χ1) is 13.4. The van der Waals surface area contributed by atoms with Crippen LogP contribution in [-0.4, -0.2) is 42.3 Å². The van der Waals surface area contributed by atoms with Crippen molar-refractivity contribution in [3.63, 3.8) is 0 Å². The number of methoxy groups -OCH3 is 2. The van der Waals surface area contributed by atoms with Gasteiger partial charge in [-0.15, -0.1) is 0 Å². The third-order valence-electron chi connectivity index (χ3n) is 4.36. The second-order valence-electron chi connectivity index (χ2n) is 5.92. The summed E-state index contributed by atoms with van der Waals surface area (Å²) in [7, 11) is 2.27. The van der Waals surface area contributed by atoms with Crippen LogP contribution >= 0.6 is 0 Å². The highest BCUT2D eigenvalue weighted by Gasteiger charge is 2.55. The quantitative estimate of drug-likeness (QED) is 0.341. The van der Waals surface area contributed by atoms with E-state index in [-0.39, 0.29) is 11.3 Å². The standard InChI is InChI=1S/C20H16N2O6/c1-27-18(23)20(19(24)28-2)16(14-9-6-10-15(11-14)22(25)26)12-17(21-20)13-7-4-3-5-8-13/h3-12H,1-2H3. The fourth-order valence-corrected chi connectivity index (χ4v) is 3.04. The number of carbonyl (C=O) groups excluding carboxylic acids is 2. The summed E-state index contributed by atoms with van der Waals surface area (Å²) in [4.78, 5) is 40.4. The van der Waals surface area contributed by atoms with Crippen molar-refractivity contribution in [1.82, 2.24) is 0 Å². The van der Waals surface area contributed by atoms with Crippen molar-refractivity contribution in [2.45, 2.75) is 5.54 Å². The molecule has 1 heterocycles.